The summed E-state index contributed by atoms with van der Waals surface area (Å²) in [6.07, 6.45) is 5.37. The van der Waals surface area contributed by atoms with E-state index in [0.717, 1.165) is 31.4 Å². The Morgan fingerprint density at radius 1 is 0.933 bits per heavy atom. The summed E-state index contributed by atoms with van der Waals surface area (Å²) in [4.78, 5) is 2.38. The summed E-state index contributed by atoms with van der Waals surface area (Å²) in [5, 5.41) is 12.0. The molecule has 2 aromatic carbocycles. The van der Waals surface area contributed by atoms with Gasteiger partial charge in [0.25, 0.3) is 0 Å². The van der Waals surface area contributed by atoms with E-state index in [0.29, 0.717) is 6.54 Å². The van der Waals surface area contributed by atoms with Gasteiger partial charge < -0.3 is 5.11 Å². The summed E-state index contributed by atoms with van der Waals surface area (Å²) in [5.74, 6) is 6.81. The van der Waals surface area contributed by atoms with Crippen molar-refractivity contribution in [3.8, 4) is 11.8 Å². The molecule has 0 aliphatic heterocycles. The predicted molar refractivity (Wildman–Crippen MR) is 126 cm³/mol. The average Bonchev–Trinajstić information content (AvgIpc) is 3.24. The molecule has 1 aliphatic carbocycles. The first-order valence-corrected chi connectivity index (χ1v) is 11.4. The van der Waals surface area contributed by atoms with Crippen LogP contribution in [-0.2, 0) is 12.1 Å². The first kappa shape index (κ1) is 22.6. The molecule has 1 N–H and O–H groups in total. The second-order valence-corrected chi connectivity index (χ2v) is 9.73. The minimum Gasteiger partial charge on any atom is -0.373 e. The molecule has 0 saturated heterocycles. The van der Waals surface area contributed by atoms with E-state index in [2.05, 4.69) is 74.8 Å². The number of aliphatic hydroxyl groups is 1. The molecule has 160 valence electrons. The highest BCUT2D eigenvalue weighted by Gasteiger charge is 2.50. The van der Waals surface area contributed by atoms with Crippen molar-refractivity contribution in [2.24, 2.45) is 5.41 Å². The van der Waals surface area contributed by atoms with Crippen molar-refractivity contribution in [3.63, 3.8) is 0 Å². The lowest BCUT2D eigenvalue weighted by molar-refractivity contribution is -0.0423. The van der Waals surface area contributed by atoms with Crippen molar-refractivity contribution < 1.29 is 5.11 Å². The Bertz CT molecular complexity index is 850. The molecule has 0 unspecified atom stereocenters. The minimum absolute atomic E-state index is 0.00874. The quantitative estimate of drug-likeness (QED) is 0.585. The molecule has 1 aliphatic rings. The molecule has 0 amide bonds. The van der Waals surface area contributed by atoms with Gasteiger partial charge in [-0.25, -0.2) is 0 Å². The number of benzene rings is 2. The second kappa shape index (κ2) is 9.38. The highest BCUT2D eigenvalue weighted by atomic mass is 16.3. The summed E-state index contributed by atoms with van der Waals surface area (Å²) in [6, 6.07) is 20.7. The molecule has 1 fully saturated rings. The Kier molecular flexibility index (Phi) is 7.06. The Hall–Kier alpha value is -2.08. The van der Waals surface area contributed by atoms with Crippen molar-refractivity contribution in [3.05, 3.63) is 71.8 Å². The van der Waals surface area contributed by atoms with Crippen LogP contribution in [0.25, 0.3) is 0 Å². The fourth-order valence-electron chi connectivity index (χ4n) is 4.81. The molecule has 0 heterocycles. The normalized spacial score (nSPS) is 17.9. The van der Waals surface area contributed by atoms with E-state index in [1.807, 2.05) is 30.3 Å². The van der Waals surface area contributed by atoms with Gasteiger partial charge in [-0.05, 0) is 51.2 Å². The van der Waals surface area contributed by atoms with E-state index >= 15 is 0 Å². The molecule has 2 nitrogen and oxygen atoms in total. The highest BCUT2D eigenvalue weighted by molar-refractivity contribution is 5.36. The number of hydrogen-bond acceptors (Lipinski definition) is 2. The maximum Gasteiger partial charge on any atom is 0.156 e. The second-order valence-electron chi connectivity index (χ2n) is 9.73. The van der Waals surface area contributed by atoms with E-state index in [1.165, 1.54) is 18.4 Å². The van der Waals surface area contributed by atoms with Crippen LogP contribution in [0.5, 0.6) is 0 Å². The maximum atomic E-state index is 12.0. The molecule has 0 radical (unpaired) electrons. The highest BCUT2D eigenvalue weighted by Crippen LogP contribution is 2.53. The van der Waals surface area contributed by atoms with Crippen LogP contribution in [0.1, 0.15) is 70.9 Å². The molecule has 0 spiro atoms. The Morgan fingerprint density at radius 3 is 2.03 bits per heavy atom. The van der Waals surface area contributed by atoms with Crippen LogP contribution in [0, 0.1) is 17.3 Å². The molecule has 1 saturated carbocycles. The molecular formula is C28H37NO. The number of nitrogens with zero attached hydrogens (tertiary/aromatic N) is 1. The third kappa shape index (κ3) is 4.80. The Morgan fingerprint density at radius 2 is 1.50 bits per heavy atom. The van der Waals surface area contributed by atoms with Gasteiger partial charge in [0, 0.05) is 17.5 Å². The first-order chi connectivity index (χ1) is 14.3. The van der Waals surface area contributed by atoms with Gasteiger partial charge in [-0.2, -0.15) is 0 Å². The van der Waals surface area contributed by atoms with E-state index in [1.54, 1.807) is 0 Å². The Labute approximate surface area is 183 Å². The zero-order valence-electron chi connectivity index (χ0n) is 19.1. The van der Waals surface area contributed by atoms with Crippen molar-refractivity contribution in [2.75, 3.05) is 6.54 Å². The van der Waals surface area contributed by atoms with Gasteiger partial charge in [-0.15, -0.1) is 0 Å². The lowest BCUT2D eigenvalue weighted by Crippen LogP contribution is -2.44. The van der Waals surface area contributed by atoms with Gasteiger partial charge in [-0.1, -0.05) is 92.3 Å². The lowest BCUT2D eigenvalue weighted by Gasteiger charge is -2.42. The molecule has 1 atom stereocenters. The zero-order valence-corrected chi connectivity index (χ0v) is 19.1. The molecule has 0 bridgehead atoms. The van der Waals surface area contributed by atoms with Crippen LogP contribution in [-0.4, -0.2) is 22.1 Å². The summed E-state index contributed by atoms with van der Waals surface area (Å²) in [7, 11) is 0. The predicted octanol–water partition coefficient (Wildman–Crippen LogP) is 6.15. The topological polar surface area (TPSA) is 23.5 Å². The standard InChI is InChI=1S/C28H37NO/c1-5-27(19-12-13-20-27)28(30,25-17-10-7-11-18-25)21-14-22-29(26(2,3)4)23-24-15-8-6-9-16-24/h6-11,15-18,30H,5,12-13,19-20,22-23H2,1-4H3/t28-/m1/s1. The van der Waals surface area contributed by atoms with E-state index in [9.17, 15) is 5.11 Å². The van der Waals surface area contributed by atoms with Crippen molar-refractivity contribution in [2.45, 2.75) is 77.5 Å². The third-order valence-electron chi connectivity index (χ3n) is 6.90. The minimum atomic E-state index is -1.10. The zero-order chi connectivity index (χ0) is 21.7. The van der Waals surface area contributed by atoms with Crippen LogP contribution in [0.4, 0.5) is 0 Å². The molecule has 2 aromatic rings. The van der Waals surface area contributed by atoms with Crippen molar-refractivity contribution in [1.82, 2.24) is 4.90 Å². The van der Waals surface area contributed by atoms with Crippen LogP contribution in [0.2, 0.25) is 0 Å². The van der Waals surface area contributed by atoms with E-state index < -0.39 is 5.60 Å². The fraction of sp³-hybridized carbons (Fsp3) is 0.500. The fourth-order valence-corrected chi connectivity index (χ4v) is 4.81. The largest absolute Gasteiger partial charge is 0.373 e. The van der Waals surface area contributed by atoms with Gasteiger partial charge in [-0.3, -0.25) is 4.90 Å². The summed E-state index contributed by atoms with van der Waals surface area (Å²) >= 11 is 0. The van der Waals surface area contributed by atoms with Gasteiger partial charge >= 0.3 is 0 Å². The smallest absolute Gasteiger partial charge is 0.156 e. The Balaban J connectivity index is 1.91. The third-order valence-corrected chi connectivity index (χ3v) is 6.90. The maximum absolute atomic E-state index is 12.0. The summed E-state index contributed by atoms with van der Waals surface area (Å²) in [5.41, 5.74) is 0.953. The van der Waals surface area contributed by atoms with E-state index in [-0.39, 0.29) is 11.0 Å². The van der Waals surface area contributed by atoms with Crippen LogP contribution >= 0.6 is 0 Å². The molecule has 30 heavy (non-hydrogen) atoms. The van der Waals surface area contributed by atoms with Gasteiger partial charge in [0.1, 0.15) is 0 Å². The lowest BCUT2D eigenvalue weighted by atomic mass is 9.65. The molecular weight excluding hydrogens is 366 g/mol. The number of hydrogen-bond donors (Lipinski definition) is 1. The number of rotatable bonds is 6. The van der Waals surface area contributed by atoms with Crippen molar-refractivity contribution in [1.29, 1.82) is 0 Å². The summed E-state index contributed by atoms with van der Waals surface area (Å²) < 4.78 is 0. The first-order valence-electron chi connectivity index (χ1n) is 11.4. The molecule has 0 aromatic heterocycles. The van der Waals surface area contributed by atoms with E-state index in [4.69, 9.17) is 0 Å². The SMILES string of the molecule is CCC1([C@@](O)(C#CCN(Cc2ccccc2)C(C)(C)C)c2ccccc2)CCCC1. The van der Waals surface area contributed by atoms with Gasteiger partial charge in [0.2, 0.25) is 0 Å². The monoisotopic (exact) mass is 403 g/mol. The van der Waals surface area contributed by atoms with Gasteiger partial charge in [0.05, 0.1) is 6.54 Å². The average molecular weight is 404 g/mol. The van der Waals surface area contributed by atoms with Crippen LogP contribution in [0.15, 0.2) is 60.7 Å². The van der Waals surface area contributed by atoms with Crippen LogP contribution in [0.3, 0.4) is 0 Å². The molecule has 3 rings (SSSR count). The van der Waals surface area contributed by atoms with Crippen LogP contribution < -0.4 is 0 Å². The summed E-state index contributed by atoms with van der Waals surface area (Å²) in [6.45, 7) is 10.4. The van der Waals surface area contributed by atoms with Gasteiger partial charge in [0.15, 0.2) is 5.60 Å². The molecule has 2 heteroatoms. The van der Waals surface area contributed by atoms with Crippen molar-refractivity contribution >= 4 is 0 Å².